The number of piperidine rings is 1. The third-order valence-electron chi connectivity index (χ3n) is 6.46. The second-order valence-corrected chi connectivity index (χ2v) is 10.4. The molecule has 2 fully saturated rings. The maximum absolute atomic E-state index is 15.1. The van der Waals surface area contributed by atoms with Gasteiger partial charge in [0.1, 0.15) is 23.6 Å². The van der Waals surface area contributed by atoms with E-state index >= 15 is 8.78 Å². The first-order valence-electron chi connectivity index (χ1n) is 12.3. The Bertz CT molecular complexity index is 786. The number of aliphatic hydroxyl groups is 1. The van der Waals surface area contributed by atoms with Gasteiger partial charge in [-0.2, -0.15) is 8.78 Å². The molecule has 2 atom stereocenters. The van der Waals surface area contributed by atoms with Crippen LogP contribution >= 0.6 is 0 Å². The fraction of sp³-hybridized carbons (Fsp3) is 0.720. The lowest BCUT2D eigenvalue weighted by Crippen LogP contribution is -2.58. The van der Waals surface area contributed by atoms with Crippen LogP contribution in [0.4, 0.5) is 13.6 Å². The summed E-state index contributed by atoms with van der Waals surface area (Å²) in [6.45, 7) is 6.01. The van der Waals surface area contributed by atoms with Gasteiger partial charge in [-0.25, -0.2) is 4.79 Å². The quantitative estimate of drug-likeness (QED) is 0.540. The van der Waals surface area contributed by atoms with Crippen molar-refractivity contribution in [2.75, 3.05) is 13.1 Å². The number of amides is 1. The van der Waals surface area contributed by atoms with Crippen LogP contribution in [0.25, 0.3) is 0 Å². The number of alkyl carbamates (subject to hydrolysis) is 1. The molecule has 1 aromatic carbocycles. The minimum atomic E-state index is -3.42. The number of nitrogens with one attached hydrogen (secondary N) is 1. The molecule has 0 aromatic heterocycles. The Kier molecular flexibility index (Phi) is 8.76. The van der Waals surface area contributed by atoms with Gasteiger partial charge in [0.05, 0.1) is 6.10 Å². The molecule has 1 aliphatic carbocycles. The van der Waals surface area contributed by atoms with Gasteiger partial charge < -0.3 is 25.6 Å². The fourth-order valence-corrected chi connectivity index (χ4v) is 4.52. The highest BCUT2D eigenvalue weighted by atomic mass is 19.3. The van der Waals surface area contributed by atoms with E-state index in [-0.39, 0.29) is 17.7 Å². The number of hydrogen-bond donors (Lipinski definition) is 3. The Morgan fingerprint density at radius 1 is 1.09 bits per heavy atom. The number of carbonyl (C=O) groups is 1. The molecule has 1 aliphatic heterocycles. The van der Waals surface area contributed by atoms with E-state index in [1.807, 2.05) is 0 Å². The molecule has 7 nitrogen and oxygen atoms in total. The summed E-state index contributed by atoms with van der Waals surface area (Å²) in [5, 5.41) is 13.4. The van der Waals surface area contributed by atoms with Gasteiger partial charge in [-0.15, -0.1) is 0 Å². The van der Waals surface area contributed by atoms with Crippen molar-refractivity contribution in [1.82, 2.24) is 10.2 Å². The highest BCUT2D eigenvalue weighted by molar-refractivity contribution is 5.68. The number of carbonyl (C=O) groups excluding carboxylic acids is 1. The van der Waals surface area contributed by atoms with Gasteiger partial charge in [0.2, 0.25) is 0 Å². The second-order valence-electron chi connectivity index (χ2n) is 10.4. The van der Waals surface area contributed by atoms with Crippen LogP contribution in [0.15, 0.2) is 24.3 Å². The van der Waals surface area contributed by atoms with Crippen LogP contribution in [0.1, 0.15) is 71.3 Å². The van der Waals surface area contributed by atoms with Crippen LogP contribution in [0.5, 0.6) is 5.75 Å². The minimum Gasteiger partial charge on any atom is -0.490 e. The molecule has 1 saturated carbocycles. The lowest BCUT2D eigenvalue weighted by molar-refractivity contribution is -0.122. The molecule has 0 bridgehead atoms. The number of rotatable bonds is 7. The first-order chi connectivity index (χ1) is 16.0. The highest BCUT2D eigenvalue weighted by Crippen LogP contribution is 2.35. The average Bonchev–Trinajstić information content (AvgIpc) is 2.78. The third-order valence-corrected chi connectivity index (χ3v) is 6.46. The molecule has 34 heavy (non-hydrogen) atoms. The zero-order valence-electron chi connectivity index (χ0n) is 20.4. The van der Waals surface area contributed by atoms with Crippen LogP contribution in [-0.4, -0.2) is 59.2 Å². The van der Waals surface area contributed by atoms with E-state index in [2.05, 4.69) is 5.32 Å². The van der Waals surface area contributed by atoms with E-state index in [4.69, 9.17) is 15.2 Å². The summed E-state index contributed by atoms with van der Waals surface area (Å²) in [5.74, 6) is -2.85. The molecule has 192 valence electrons. The summed E-state index contributed by atoms with van der Waals surface area (Å²) < 4.78 is 41.4. The van der Waals surface area contributed by atoms with Crippen molar-refractivity contribution in [3.63, 3.8) is 0 Å². The predicted molar refractivity (Wildman–Crippen MR) is 126 cm³/mol. The van der Waals surface area contributed by atoms with Crippen molar-refractivity contribution in [3.05, 3.63) is 29.8 Å². The Hall–Kier alpha value is -1.97. The van der Waals surface area contributed by atoms with Crippen LogP contribution in [0.3, 0.4) is 0 Å². The number of benzene rings is 1. The third kappa shape index (κ3) is 7.26. The lowest BCUT2D eigenvalue weighted by Gasteiger charge is -2.39. The summed E-state index contributed by atoms with van der Waals surface area (Å²) in [6, 6.07) is 3.79. The minimum absolute atomic E-state index is 0.136. The number of ether oxygens (including phenoxy) is 2. The van der Waals surface area contributed by atoms with Crippen LogP contribution < -0.4 is 15.8 Å². The van der Waals surface area contributed by atoms with E-state index in [0.717, 1.165) is 25.7 Å². The normalized spacial score (nSPS) is 21.0. The summed E-state index contributed by atoms with van der Waals surface area (Å²) >= 11 is 0. The van der Waals surface area contributed by atoms with E-state index in [1.54, 1.807) is 32.9 Å². The standard InChI is InChI=1S/C25H39F2N3O4/c1-24(2,3)34-23(32)29-18-13-15-30(16-14-18)22(31)21(28)25(26,27)17-9-11-20(12-10-17)33-19-7-5-4-6-8-19/h9-12,18-19,21-22,31H,4-8,13-16,28H2,1-3H3,(H,29,32). The summed E-state index contributed by atoms with van der Waals surface area (Å²) in [6.07, 6.45) is 4.55. The van der Waals surface area contributed by atoms with Crippen LogP contribution in [0.2, 0.25) is 0 Å². The molecule has 9 heteroatoms. The Morgan fingerprint density at radius 3 is 2.24 bits per heavy atom. The molecule has 1 saturated heterocycles. The molecular formula is C25H39F2N3O4. The number of nitrogens with two attached hydrogens (primary N) is 1. The van der Waals surface area contributed by atoms with E-state index in [0.29, 0.717) is 31.7 Å². The number of halogens is 2. The van der Waals surface area contributed by atoms with Crippen LogP contribution in [-0.2, 0) is 10.7 Å². The van der Waals surface area contributed by atoms with Gasteiger partial charge >= 0.3 is 6.09 Å². The molecule has 2 unspecified atom stereocenters. The van der Waals surface area contributed by atoms with Gasteiger partial charge in [-0.05, 0) is 83.6 Å². The zero-order valence-corrected chi connectivity index (χ0v) is 20.4. The van der Waals surface area contributed by atoms with Crippen molar-refractivity contribution < 1.29 is 28.2 Å². The van der Waals surface area contributed by atoms with Crippen molar-refractivity contribution in [1.29, 1.82) is 0 Å². The highest BCUT2D eigenvalue weighted by Gasteiger charge is 2.45. The van der Waals surface area contributed by atoms with Crippen LogP contribution in [0, 0.1) is 0 Å². The Balaban J connectivity index is 1.52. The summed E-state index contributed by atoms with van der Waals surface area (Å²) in [7, 11) is 0. The van der Waals surface area contributed by atoms with Gasteiger partial charge in [0, 0.05) is 24.7 Å². The Morgan fingerprint density at radius 2 is 1.68 bits per heavy atom. The molecule has 1 aromatic rings. The molecule has 2 aliphatic rings. The topological polar surface area (TPSA) is 97.0 Å². The van der Waals surface area contributed by atoms with E-state index in [9.17, 15) is 9.90 Å². The second kappa shape index (κ2) is 11.2. The molecular weight excluding hydrogens is 444 g/mol. The molecule has 1 amide bonds. The molecule has 0 spiro atoms. The van der Waals surface area contributed by atoms with Crippen molar-refractivity contribution in [3.8, 4) is 5.75 Å². The first kappa shape index (κ1) is 26.6. The average molecular weight is 484 g/mol. The van der Waals surface area contributed by atoms with Gasteiger partial charge in [-0.1, -0.05) is 6.42 Å². The van der Waals surface area contributed by atoms with Gasteiger partial charge in [0.25, 0.3) is 5.92 Å². The number of alkyl halides is 2. The van der Waals surface area contributed by atoms with Crippen molar-refractivity contribution in [2.45, 2.75) is 102 Å². The SMILES string of the molecule is CC(C)(C)OC(=O)NC1CCN(C(O)C(N)C(F)(F)c2ccc(OC3CCCCC3)cc2)CC1. The Labute approximate surface area is 201 Å². The van der Waals surface area contributed by atoms with Gasteiger partial charge in [-0.3, -0.25) is 4.90 Å². The number of aliphatic hydroxyl groups excluding tert-OH is 1. The maximum atomic E-state index is 15.1. The first-order valence-corrected chi connectivity index (χ1v) is 12.3. The maximum Gasteiger partial charge on any atom is 0.407 e. The van der Waals surface area contributed by atoms with Gasteiger partial charge in [0.15, 0.2) is 0 Å². The number of likely N-dealkylation sites (tertiary alicyclic amines) is 1. The largest absolute Gasteiger partial charge is 0.490 e. The molecule has 4 N–H and O–H groups in total. The summed E-state index contributed by atoms with van der Waals surface area (Å²) in [5.41, 5.74) is 5.02. The molecule has 1 heterocycles. The zero-order chi connectivity index (χ0) is 24.9. The van der Waals surface area contributed by atoms with E-state index in [1.165, 1.54) is 23.5 Å². The lowest BCUT2D eigenvalue weighted by atomic mass is 9.97. The fourth-order valence-electron chi connectivity index (χ4n) is 4.52. The monoisotopic (exact) mass is 483 g/mol. The predicted octanol–water partition coefficient (Wildman–Crippen LogP) is 4.12. The molecule has 0 radical (unpaired) electrons. The van der Waals surface area contributed by atoms with Crippen molar-refractivity contribution >= 4 is 6.09 Å². The summed E-state index contributed by atoms with van der Waals surface area (Å²) in [4.78, 5) is 13.5. The number of hydrogen-bond acceptors (Lipinski definition) is 6. The number of nitrogens with zero attached hydrogens (tertiary/aromatic N) is 1. The smallest absolute Gasteiger partial charge is 0.407 e. The molecule has 3 rings (SSSR count). The van der Waals surface area contributed by atoms with E-state index < -0.39 is 29.9 Å². The van der Waals surface area contributed by atoms with Crippen molar-refractivity contribution in [2.24, 2.45) is 5.73 Å².